The van der Waals surface area contributed by atoms with E-state index in [9.17, 15) is 13.2 Å². The van der Waals surface area contributed by atoms with Crippen LogP contribution < -0.4 is 0 Å². The first kappa shape index (κ1) is 14.5. The van der Waals surface area contributed by atoms with Gasteiger partial charge >= 0.3 is 5.97 Å². The predicted molar refractivity (Wildman–Crippen MR) is 65.6 cm³/mol. The molecular formula is C11H15NO5S. The van der Waals surface area contributed by atoms with Gasteiger partial charge < -0.3 is 10.2 Å². The topological polar surface area (TPSA) is 94.9 Å². The van der Waals surface area contributed by atoms with Crippen LogP contribution in [0, 0.1) is 0 Å². The summed E-state index contributed by atoms with van der Waals surface area (Å²) in [5, 5.41) is 17.6. The summed E-state index contributed by atoms with van der Waals surface area (Å²) < 4.78 is 24.5. The highest BCUT2D eigenvalue weighted by Crippen LogP contribution is 2.13. The molecule has 0 aromatic heterocycles. The van der Waals surface area contributed by atoms with Crippen molar-refractivity contribution in [1.82, 2.24) is 4.31 Å². The third kappa shape index (κ3) is 4.34. The van der Waals surface area contributed by atoms with Crippen molar-refractivity contribution in [3.63, 3.8) is 0 Å². The van der Waals surface area contributed by atoms with Crippen molar-refractivity contribution < 1.29 is 23.4 Å². The third-order valence-electron chi connectivity index (χ3n) is 2.39. The molecular weight excluding hydrogens is 258 g/mol. The molecule has 0 unspecified atom stereocenters. The second-order valence-corrected chi connectivity index (χ2v) is 6.08. The molecule has 0 aliphatic rings. The zero-order valence-corrected chi connectivity index (χ0v) is 10.7. The average molecular weight is 273 g/mol. The standard InChI is InChI=1S/C11H15NO5S/c1-12(18(16,17)7-6-11(14)15)8-9-2-4-10(13)5-3-9/h2-5,13H,6-8H2,1H3,(H,14,15). The molecule has 100 valence electrons. The molecule has 2 N–H and O–H groups in total. The van der Waals surface area contributed by atoms with Crippen LogP contribution in [0.25, 0.3) is 0 Å². The quantitative estimate of drug-likeness (QED) is 0.792. The number of nitrogens with zero attached hydrogens (tertiary/aromatic N) is 1. The van der Waals surface area contributed by atoms with Crippen molar-refractivity contribution in [2.45, 2.75) is 13.0 Å². The first-order chi connectivity index (χ1) is 8.31. The van der Waals surface area contributed by atoms with Gasteiger partial charge in [-0.15, -0.1) is 0 Å². The summed E-state index contributed by atoms with van der Waals surface area (Å²) in [6.45, 7) is 0.141. The third-order valence-corrected chi connectivity index (χ3v) is 4.19. The number of carboxylic acid groups (broad SMARTS) is 1. The highest BCUT2D eigenvalue weighted by molar-refractivity contribution is 7.89. The van der Waals surface area contributed by atoms with E-state index in [-0.39, 0.29) is 12.3 Å². The highest BCUT2D eigenvalue weighted by atomic mass is 32.2. The number of hydrogen-bond donors (Lipinski definition) is 2. The number of hydrogen-bond acceptors (Lipinski definition) is 4. The highest BCUT2D eigenvalue weighted by Gasteiger charge is 2.19. The van der Waals surface area contributed by atoms with Crippen molar-refractivity contribution in [1.29, 1.82) is 0 Å². The number of carboxylic acids is 1. The van der Waals surface area contributed by atoms with Crippen LogP contribution in [0.1, 0.15) is 12.0 Å². The lowest BCUT2D eigenvalue weighted by atomic mass is 10.2. The van der Waals surface area contributed by atoms with Gasteiger partial charge in [-0.3, -0.25) is 4.79 Å². The maximum absolute atomic E-state index is 11.7. The second-order valence-electron chi connectivity index (χ2n) is 3.88. The summed E-state index contributed by atoms with van der Waals surface area (Å²) in [6.07, 6.45) is -0.414. The summed E-state index contributed by atoms with van der Waals surface area (Å²) in [7, 11) is -2.18. The van der Waals surface area contributed by atoms with Gasteiger partial charge in [0.15, 0.2) is 0 Å². The van der Waals surface area contributed by atoms with E-state index >= 15 is 0 Å². The zero-order chi connectivity index (χ0) is 13.8. The minimum atomic E-state index is -3.57. The van der Waals surface area contributed by atoms with E-state index < -0.39 is 28.2 Å². The van der Waals surface area contributed by atoms with Crippen LogP contribution in [0.5, 0.6) is 5.75 Å². The van der Waals surface area contributed by atoms with E-state index in [1.165, 1.54) is 19.2 Å². The predicted octanol–water partition coefficient (Wildman–Crippen LogP) is 0.629. The average Bonchev–Trinajstić information content (AvgIpc) is 2.29. The van der Waals surface area contributed by atoms with Crippen LogP contribution >= 0.6 is 0 Å². The molecule has 0 spiro atoms. The number of aliphatic carboxylic acids is 1. The molecule has 1 aromatic rings. The number of phenols is 1. The fourth-order valence-electron chi connectivity index (χ4n) is 1.33. The van der Waals surface area contributed by atoms with Gasteiger partial charge in [0.25, 0.3) is 0 Å². The number of benzene rings is 1. The SMILES string of the molecule is CN(Cc1ccc(O)cc1)S(=O)(=O)CCC(=O)O. The molecule has 0 bridgehead atoms. The first-order valence-corrected chi connectivity index (χ1v) is 6.86. The summed E-state index contributed by atoms with van der Waals surface area (Å²) >= 11 is 0. The Labute approximate surface area is 106 Å². The van der Waals surface area contributed by atoms with Gasteiger partial charge in [0, 0.05) is 13.6 Å². The second kappa shape index (κ2) is 5.83. The first-order valence-electron chi connectivity index (χ1n) is 5.25. The van der Waals surface area contributed by atoms with E-state index in [2.05, 4.69) is 0 Å². The van der Waals surface area contributed by atoms with Crippen LogP contribution in [0.15, 0.2) is 24.3 Å². The molecule has 0 atom stereocenters. The number of phenolic OH excluding ortho intramolecular Hbond substituents is 1. The summed E-state index contributed by atoms with van der Waals surface area (Å²) in [4.78, 5) is 10.4. The fourth-order valence-corrected chi connectivity index (χ4v) is 2.42. The maximum atomic E-state index is 11.7. The van der Waals surface area contributed by atoms with Crippen molar-refractivity contribution >= 4 is 16.0 Å². The van der Waals surface area contributed by atoms with Gasteiger partial charge in [0.05, 0.1) is 12.2 Å². The number of rotatable bonds is 6. The van der Waals surface area contributed by atoms with Gasteiger partial charge in [-0.25, -0.2) is 12.7 Å². The van der Waals surface area contributed by atoms with E-state index in [0.29, 0.717) is 5.56 Å². The van der Waals surface area contributed by atoms with Crippen LogP contribution in [0.4, 0.5) is 0 Å². The van der Waals surface area contributed by atoms with E-state index in [4.69, 9.17) is 10.2 Å². The van der Waals surface area contributed by atoms with E-state index in [1.807, 2.05) is 0 Å². The maximum Gasteiger partial charge on any atom is 0.304 e. The Morgan fingerprint density at radius 1 is 1.28 bits per heavy atom. The minimum Gasteiger partial charge on any atom is -0.508 e. The number of aromatic hydroxyl groups is 1. The van der Waals surface area contributed by atoms with Crippen LogP contribution in [-0.2, 0) is 21.4 Å². The number of sulfonamides is 1. The molecule has 0 radical (unpaired) electrons. The normalized spacial score (nSPS) is 11.7. The van der Waals surface area contributed by atoms with Crippen LogP contribution in [0.3, 0.4) is 0 Å². The molecule has 0 saturated carbocycles. The fraction of sp³-hybridized carbons (Fsp3) is 0.364. The lowest BCUT2D eigenvalue weighted by Gasteiger charge is -2.16. The Bertz CT molecular complexity index is 509. The van der Waals surface area contributed by atoms with Crippen molar-refractivity contribution in [2.75, 3.05) is 12.8 Å². The van der Waals surface area contributed by atoms with Gasteiger partial charge in [0.1, 0.15) is 5.75 Å². The number of carbonyl (C=O) groups is 1. The summed E-state index contributed by atoms with van der Waals surface area (Å²) in [6, 6.07) is 6.15. The summed E-state index contributed by atoms with van der Waals surface area (Å²) in [5.41, 5.74) is 0.717. The minimum absolute atomic E-state index is 0.107. The molecule has 7 heteroatoms. The van der Waals surface area contributed by atoms with Gasteiger partial charge in [0.2, 0.25) is 10.0 Å². The van der Waals surface area contributed by atoms with Crippen molar-refractivity contribution in [3.05, 3.63) is 29.8 Å². The zero-order valence-electron chi connectivity index (χ0n) is 9.91. The Hall–Kier alpha value is -1.60. The van der Waals surface area contributed by atoms with Crippen molar-refractivity contribution in [3.8, 4) is 5.75 Å². The van der Waals surface area contributed by atoms with E-state index in [0.717, 1.165) is 4.31 Å². The molecule has 18 heavy (non-hydrogen) atoms. The summed E-state index contributed by atoms with van der Waals surface area (Å²) in [5.74, 6) is -1.46. The molecule has 0 amide bonds. The lowest BCUT2D eigenvalue weighted by molar-refractivity contribution is -0.136. The Morgan fingerprint density at radius 3 is 2.33 bits per heavy atom. The van der Waals surface area contributed by atoms with Gasteiger partial charge in [-0.2, -0.15) is 0 Å². The molecule has 0 fully saturated rings. The Balaban J connectivity index is 2.66. The van der Waals surface area contributed by atoms with Gasteiger partial charge in [-0.05, 0) is 17.7 Å². The van der Waals surface area contributed by atoms with Crippen LogP contribution in [-0.4, -0.2) is 41.7 Å². The monoisotopic (exact) mass is 273 g/mol. The molecule has 0 heterocycles. The molecule has 0 aliphatic carbocycles. The van der Waals surface area contributed by atoms with Gasteiger partial charge in [-0.1, -0.05) is 12.1 Å². The molecule has 0 aliphatic heterocycles. The smallest absolute Gasteiger partial charge is 0.304 e. The lowest BCUT2D eigenvalue weighted by Crippen LogP contribution is -2.29. The van der Waals surface area contributed by atoms with E-state index in [1.54, 1.807) is 12.1 Å². The van der Waals surface area contributed by atoms with Crippen molar-refractivity contribution in [2.24, 2.45) is 0 Å². The Morgan fingerprint density at radius 2 is 1.83 bits per heavy atom. The molecule has 0 saturated heterocycles. The molecule has 1 aromatic carbocycles. The Kier molecular flexibility index (Phi) is 4.69. The molecule has 1 rings (SSSR count). The largest absolute Gasteiger partial charge is 0.508 e. The van der Waals surface area contributed by atoms with Crippen LogP contribution in [0.2, 0.25) is 0 Å². The molecule has 6 nitrogen and oxygen atoms in total.